The highest BCUT2D eigenvalue weighted by molar-refractivity contribution is 5.80. The smallest absolute Gasteiger partial charge is 0.223 e. The van der Waals surface area contributed by atoms with Crippen molar-refractivity contribution in [1.29, 1.82) is 0 Å². The molecule has 1 aliphatic rings. The third-order valence-electron chi connectivity index (χ3n) is 5.30. The molecule has 0 bridgehead atoms. The Balaban J connectivity index is 1.57. The highest BCUT2D eigenvalue weighted by atomic mass is 16.5. The monoisotopic (exact) mass is 375 g/mol. The van der Waals surface area contributed by atoms with E-state index in [0.29, 0.717) is 26.1 Å². The molecule has 1 fully saturated rings. The molecule has 1 amide bonds. The van der Waals surface area contributed by atoms with Gasteiger partial charge in [0.1, 0.15) is 18.2 Å². The first-order chi connectivity index (χ1) is 13.7. The summed E-state index contributed by atoms with van der Waals surface area (Å²) >= 11 is 0. The summed E-state index contributed by atoms with van der Waals surface area (Å²) in [6.07, 6.45) is 3.19. The molecule has 1 aromatic heterocycles. The fourth-order valence-electron chi connectivity index (χ4n) is 3.89. The predicted molar refractivity (Wildman–Crippen MR) is 111 cm³/mol. The summed E-state index contributed by atoms with van der Waals surface area (Å²) in [4.78, 5) is 18.7. The second kappa shape index (κ2) is 7.89. The SMILES string of the molecule is C=CCc1ccccc1OCCn1c(C2CC(=O)N(C)C2)nc2ccccc21. The standard InChI is InChI=1S/C23H25N3O2/c1-3-8-17-9-4-7-12-21(17)28-14-13-26-20-11-6-5-10-19(20)24-23(26)18-15-22(27)25(2)16-18/h3-7,9-12,18H,1,8,13-16H2,2H3. The largest absolute Gasteiger partial charge is 0.491 e. The normalized spacial score (nSPS) is 16.7. The van der Waals surface area contributed by atoms with Gasteiger partial charge < -0.3 is 14.2 Å². The summed E-state index contributed by atoms with van der Waals surface area (Å²) in [7, 11) is 1.86. The Morgan fingerprint density at radius 3 is 2.79 bits per heavy atom. The average Bonchev–Trinajstić information content (AvgIpc) is 3.23. The van der Waals surface area contributed by atoms with Gasteiger partial charge in [-0.25, -0.2) is 4.98 Å². The molecule has 2 aromatic carbocycles. The summed E-state index contributed by atoms with van der Waals surface area (Å²) in [5.41, 5.74) is 3.19. The van der Waals surface area contributed by atoms with Crippen molar-refractivity contribution in [3.63, 3.8) is 0 Å². The number of hydrogen-bond acceptors (Lipinski definition) is 3. The molecule has 5 heteroatoms. The first-order valence-electron chi connectivity index (χ1n) is 9.68. The number of carbonyl (C=O) groups is 1. The Kier molecular flexibility index (Phi) is 5.15. The van der Waals surface area contributed by atoms with Gasteiger partial charge in [-0.05, 0) is 30.2 Å². The minimum atomic E-state index is 0.123. The number of ether oxygens (including phenoxy) is 1. The molecule has 0 N–H and O–H groups in total. The van der Waals surface area contributed by atoms with Crippen LogP contribution in [0.15, 0.2) is 61.2 Å². The van der Waals surface area contributed by atoms with Crippen molar-refractivity contribution in [2.45, 2.75) is 25.3 Å². The lowest BCUT2D eigenvalue weighted by atomic mass is 10.1. The number of hydrogen-bond donors (Lipinski definition) is 0. The number of likely N-dealkylation sites (tertiary alicyclic amines) is 1. The Bertz CT molecular complexity index is 1010. The zero-order valence-corrected chi connectivity index (χ0v) is 16.2. The van der Waals surface area contributed by atoms with Crippen LogP contribution < -0.4 is 4.74 Å². The predicted octanol–water partition coefficient (Wildman–Crippen LogP) is 3.79. The van der Waals surface area contributed by atoms with E-state index in [1.165, 1.54) is 0 Å². The molecule has 28 heavy (non-hydrogen) atoms. The maximum absolute atomic E-state index is 12.0. The molecular weight excluding hydrogens is 350 g/mol. The van der Waals surface area contributed by atoms with Crippen molar-refractivity contribution < 1.29 is 9.53 Å². The molecule has 2 heterocycles. The topological polar surface area (TPSA) is 47.4 Å². The molecule has 4 rings (SSSR count). The maximum Gasteiger partial charge on any atom is 0.223 e. The highest BCUT2D eigenvalue weighted by Gasteiger charge is 2.31. The fraction of sp³-hybridized carbons (Fsp3) is 0.304. The molecule has 0 radical (unpaired) electrons. The number of rotatable bonds is 7. The number of nitrogens with zero attached hydrogens (tertiary/aromatic N) is 3. The van der Waals surface area contributed by atoms with Crippen LogP contribution in [-0.4, -0.2) is 40.6 Å². The van der Waals surface area contributed by atoms with Crippen LogP contribution in [0, 0.1) is 0 Å². The molecule has 0 aliphatic carbocycles. The number of carbonyl (C=O) groups excluding carboxylic acids is 1. The van der Waals surface area contributed by atoms with Gasteiger partial charge in [0.15, 0.2) is 0 Å². The first kappa shape index (κ1) is 18.3. The van der Waals surface area contributed by atoms with Gasteiger partial charge in [0.2, 0.25) is 5.91 Å². The van der Waals surface area contributed by atoms with Gasteiger partial charge in [-0.15, -0.1) is 6.58 Å². The number of allylic oxidation sites excluding steroid dienone is 1. The zero-order chi connectivity index (χ0) is 19.5. The summed E-state index contributed by atoms with van der Waals surface area (Å²) < 4.78 is 8.31. The van der Waals surface area contributed by atoms with E-state index in [1.54, 1.807) is 4.90 Å². The third kappa shape index (κ3) is 3.52. The number of benzene rings is 2. The van der Waals surface area contributed by atoms with Crippen molar-refractivity contribution in [3.8, 4) is 5.75 Å². The van der Waals surface area contributed by atoms with E-state index in [0.717, 1.165) is 34.6 Å². The van der Waals surface area contributed by atoms with Gasteiger partial charge in [0.05, 0.1) is 17.6 Å². The molecule has 0 spiro atoms. The van der Waals surface area contributed by atoms with Crippen molar-refractivity contribution in [2.75, 3.05) is 20.2 Å². The Morgan fingerprint density at radius 2 is 2.00 bits per heavy atom. The summed E-state index contributed by atoms with van der Waals surface area (Å²) in [5, 5.41) is 0. The molecule has 3 aromatic rings. The number of para-hydroxylation sites is 3. The number of likely N-dealkylation sites (N-methyl/N-ethyl adjacent to an activating group) is 1. The minimum Gasteiger partial charge on any atom is -0.491 e. The van der Waals surface area contributed by atoms with Gasteiger partial charge >= 0.3 is 0 Å². The second-order valence-corrected chi connectivity index (χ2v) is 7.23. The van der Waals surface area contributed by atoms with E-state index in [4.69, 9.17) is 9.72 Å². The Morgan fingerprint density at radius 1 is 1.21 bits per heavy atom. The number of imidazole rings is 1. The van der Waals surface area contributed by atoms with E-state index < -0.39 is 0 Å². The van der Waals surface area contributed by atoms with Crippen LogP contribution in [0.4, 0.5) is 0 Å². The summed E-state index contributed by atoms with van der Waals surface area (Å²) in [5.74, 6) is 2.17. The lowest BCUT2D eigenvalue weighted by Gasteiger charge is -2.15. The van der Waals surface area contributed by atoms with Crippen molar-refractivity contribution in [3.05, 3.63) is 72.6 Å². The van der Waals surface area contributed by atoms with Crippen LogP contribution in [0.1, 0.15) is 23.7 Å². The van der Waals surface area contributed by atoms with E-state index >= 15 is 0 Å². The van der Waals surface area contributed by atoms with Gasteiger partial charge in [-0.2, -0.15) is 0 Å². The van der Waals surface area contributed by atoms with Crippen LogP contribution in [0.25, 0.3) is 11.0 Å². The molecule has 1 aliphatic heterocycles. The highest BCUT2D eigenvalue weighted by Crippen LogP contribution is 2.29. The Labute approximate surface area is 165 Å². The summed E-state index contributed by atoms with van der Waals surface area (Å²) in [6, 6.07) is 16.2. The molecule has 1 saturated heterocycles. The molecule has 0 saturated carbocycles. The fourth-order valence-corrected chi connectivity index (χ4v) is 3.89. The van der Waals surface area contributed by atoms with E-state index in [2.05, 4.69) is 23.3 Å². The van der Waals surface area contributed by atoms with Crippen LogP contribution in [0.2, 0.25) is 0 Å². The Hall–Kier alpha value is -3.08. The van der Waals surface area contributed by atoms with Crippen LogP contribution in [-0.2, 0) is 17.8 Å². The van der Waals surface area contributed by atoms with Crippen LogP contribution in [0.3, 0.4) is 0 Å². The third-order valence-corrected chi connectivity index (χ3v) is 5.30. The second-order valence-electron chi connectivity index (χ2n) is 7.23. The summed E-state index contributed by atoms with van der Waals surface area (Å²) in [6.45, 7) is 5.76. The number of fused-ring (bicyclic) bond motifs is 1. The molecule has 1 unspecified atom stereocenters. The number of aromatic nitrogens is 2. The van der Waals surface area contributed by atoms with Crippen molar-refractivity contribution >= 4 is 16.9 Å². The first-order valence-corrected chi connectivity index (χ1v) is 9.68. The van der Waals surface area contributed by atoms with Gasteiger partial charge in [-0.3, -0.25) is 4.79 Å². The minimum absolute atomic E-state index is 0.123. The van der Waals surface area contributed by atoms with Gasteiger partial charge in [-0.1, -0.05) is 36.4 Å². The average molecular weight is 375 g/mol. The molecule has 144 valence electrons. The van der Waals surface area contributed by atoms with Crippen LogP contribution >= 0.6 is 0 Å². The lowest BCUT2D eigenvalue weighted by Crippen LogP contribution is -2.19. The zero-order valence-electron chi connectivity index (χ0n) is 16.2. The molecule has 5 nitrogen and oxygen atoms in total. The van der Waals surface area contributed by atoms with E-state index in [9.17, 15) is 4.79 Å². The maximum atomic E-state index is 12.0. The van der Waals surface area contributed by atoms with Gasteiger partial charge in [0.25, 0.3) is 0 Å². The van der Waals surface area contributed by atoms with Gasteiger partial charge in [0, 0.05) is 25.9 Å². The van der Waals surface area contributed by atoms with Crippen LogP contribution in [0.5, 0.6) is 5.75 Å². The molecular formula is C23H25N3O2. The van der Waals surface area contributed by atoms with E-state index in [-0.39, 0.29) is 11.8 Å². The van der Waals surface area contributed by atoms with E-state index in [1.807, 2.05) is 49.5 Å². The van der Waals surface area contributed by atoms with Crippen molar-refractivity contribution in [1.82, 2.24) is 14.5 Å². The quantitative estimate of drug-likeness (QED) is 0.590. The molecule has 1 atom stereocenters. The number of amides is 1. The van der Waals surface area contributed by atoms with Crippen molar-refractivity contribution in [2.24, 2.45) is 0 Å². The lowest BCUT2D eigenvalue weighted by molar-refractivity contribution is -0.126.